The van der Waals surface area contributed by atoms with Crippen LogP contribution in [0.1, 0.15) is 445 Å². The van der Waals surface area contributed by atoms with Gasteiger partial charge in [-0.3, -0.25) is 38.6 Å². The molecule has 682 valence electrons. The van der Waals surface area contributed by atoms with Crippen LogP contribution >= 0.6 is 0 Å². The number of aliphatic imine (C=N–C) groups is 2. The molecule has 0 aromatic rings. The van der Waals surface area contributed by atoms with Gasteiger partial charge in [0, 0.05) is 50.7 Å². The lowest BCUT2D eigenvalue weighted by atomic mass is 10.0. The molecule has 0 aliphatic carbocycles. The van der Waals surface area contributed by atoms with Crippen molar-refractivity contribution in [3.8, 4) is 0 Å². The van der Waals surface area contributed by atoms with Gasteiger partial charge < -0.3 is 38.9 Å². The fourth-order valence-electron chi connectivity index (χ4n) is 13.7. The first kappa shape index (κ1) is 111. The number of nitrogens with zero attached hydrogens (tertiary/aromatic N) is 6. The third-order valence-electron chi connectivity index (χ3n) is 21.2. The van der Waals surface area contributed by atoms with Crippen LogP contribution in [0.15, 0.2) is 79.0 Å². The van der Waals surface area contributed by atoms with Gasteiger partial charge in [-0.2, -0.15) is 20.4 Å². The lowest BCUT2D eigenvalue weighted by molar-refractivity contribution is -0.133. The molecule has 0 spiro atoms. The molecule has 0 aromatic carbocycles. The molecular formula is C95H175N17O7. The number of nitrogens with two attached hydrogens (primary N) is 4. The highest BCUT2D eigenvalue weighted by molar-refractivity contribution is 5.95. The summed E-state index contributed by atoms with van der Waals surface area (Å²) in [6, 6.07) is -5.34. The SMILES string of the molecule is CCCCCCCC/C=C\CCCCCCC/C=N/NC(=O)CC[C@H](NC(=O)CC[C@H](NC(=O)[C@H](CCCCN=C(N)N)N=C(N)N)C(=O)N[C@@H](CCC(=O)N/N=C/CCCCCCC/C=C\CCCCCCCC)C(=O)N/N=C/CCCCCCC/C=C\CCCCCCCC)C(=O)N/N=C/CCCCCCC/C=C\CCCCCCCC. The molecule has 0 fully saturated rings. The fraction of sp³-hybridized carbons (Fsp3) is 0.779. The van der Waals surface area contributed by atoms with Crippen molar-refractivity contribution in [1.29, 1.82) is 0 Å². The number of rotatable bonds is 86. The lowest BCUT2D eigenvalue weighted by Crippen LogP contribution is -2.55. The van der Waals surface area contributed by atoms with Gasteiger partial charge in [-0.1, -0.05) is 282 Å². The van der Waals surface area contributed by atoms with Crippen LogP contribution in [-0.2, 0) is 33.6 Å². The fourth-order valence-corrected chi connectivity index (χ4v) is 13.7. The number of nitrogens with one attached hydrogen (secondary N) is 7. The van der Waals surface area contributed by atoms with E-state index in [4.69, 9.17) is 22.9 Å². The predicted molar refractivity (Wildman–Crippen MR) is 502 cm³/mol. The van der Waals surface area contributed by atoms with E-state index < -0.39 is 71.9 Å². The Morgan fingerprint density at radius 2 is 0.504 bits per heavy atom. The highest BCUT2D eigenvalue weighted by atomic mass is 16.2. The van der Waals surface area contributed by atoms with E-state index in [0.29, 0.717) is 38.5 Å². The Bertz CT molecular complexity index is 2780. The van der Waals surface area contributed by atoms with Crippen LogP contribution in [-0.4, -0.2) is 109 Å². The number of allylic oxidation sites excluding steroid dienone is 8. The average Bonchev–Trinajstić information content (AvgIpc) is 0.866. The third-order valence-corrected chi connectivity index (χ3v) is 21.2. The van der Waals surface area contributed by atoms with Gasteiger partial charge in [-0.15, -0.1) is 0 Å². The average molecular weight is 1670 g/mol. The van der Waals surface area contributed by atoms with E-state index >= 15 is 0 Å². The Labute approximate surface area is 723 Å². The maximum atomic E-state index is 14.8. The molecular weight excluding hydrogens is 1490 g/mol. The molecule has 0 aliphatic heterocycles. The molecule has 4 atom stereocenters. The zero-order valence-corrected chi connectivity index (χ0v) is 75.8. The van der Waals surface area contributed by atoms with Crippen molar-refractivity contribution in [1.82, 2.24) is 37.7 Å². The maximum absolute atomic E-state index is 14.8. The van der Waals surface area contributed by atoms with Gasteiger partial charge in [0.25, 0.3) is 11.8 Å². The maximum Gasteiger partial charge on any atom is 0.262 e. The quantitative estimate of drug-likeness (QED) is 0.00893. The molecule has 0 aromatic heterocycles. The molecule has 24 nitrogen and oxygen atoms in total. The molecule has 0 bridgehead atoms. The molecule has 15 N–H and O–H groups in total. The van der Waals surface area contributed by atoms with E-state index in [9.17, 15) is 33.6 Å². The minimum Gasteiger partial charge on any atom is -0.370 e. The Morgan fingerprint density at radius 3 is 0.798 bits per heavy atom. The second-order valence-electron chi connectivity index (χ2n) is 32.5. The number of guanidine groups is 2. The van der Waals surface area contributed by atoms with Gasteiger partial charge in [-0.25, -0.2) is 26.7 Å². The minimum absolute atomic E-state index is 0.0906. The van der Waals surface area contributed by atoms with Crippen molar-refractivity contribution >= 4 is 78.1 Å². The zero-order valence-electron chi connectivity index (χ0n) is 75.8. The van der Waals surface area contributed by atoms with Crippen molar-refractivity contribution in [3.63, 3.8) is 0 Å². The van der Waals surface area contributed by atoms with Crippen LogP contribution < -0.4 is 60.6 Å². The molecule has 0 aliphatic rings. The number of amides is 7. The molecule has 7 amide bonds. The summed E-state index contributed by atoms with van der Waals surface area (Å²) in [5.74, 6) is -5.16. The number of carbonyl (C=O) groups excluding carboxylic acids is 7. The summed E-state index contributed by atoms with van der Waals surface area (Å²) in [4.78, 5) is 106. The van der Waals surface area contributed by atoms with E-state index in [1.54, 1.807) is 24.9 Å². The molecule has 119 heavy (non-hydrogen) atoms. The largest absolute Gasteiger partial charge is 0.370 e. The van der Waals surface area contributed by atoms with Crippen molar-refractivity contribution in [3.05, 3.63) is 48.6 Å². The monoisotopic (exact) mass is 1670 g/mol. The topological polar surface area (TPSA) is 382 Å². The summed E-state index contributed by atoms with van der Waals surface area (Å²) >= 11 is 0. The lowest BCUT2D eigenvalue weighted by Gasteiger charge is -2.24. The summed E-state index contributed by atoms with van der Waals surface area (Å²) in [6.45, 7) is 9.25. The standard InChI is InChI=1S/C95H175N17O7/c1-5-9-13-17-21-25-29-33-37-41-45-49-53-57-61-66-79-101-109-88(114)76-73-85(92(118)111-103-81-68-63-59-55-51-47-43-39-35-31-27-23-19-15-11-7-3)105-87(113)75-72-84(106-90(116)83(108-95(98)99)71-65-70-78-100-94(96)97)91(117)107-86(93(119)112-104-82-69-64-60-56-52-48-44-40-36-32-28-24-20-16-12-8-4)74-77-89(115)110-102-80-67-62-58-54-50-46-42-38-34-30-26-22-18-14-10-6-2/h33-40,79-86H,5-32,41-78H2,1-4H3,(H,105,113)(H,106,116)(H,107,117)(H,109,114)(H,110,115)(H,111,118)(H,112,119)(H4,96,97,100)(H4,98,99,108)/b37-33-,38-34-,39-35-,40-36-,101-79+,102-80+,103-81+,104-82+/t83-,84-,85-,86-/m0/s1. The highest BCUT2D eigenvalue weighted by Crippen LogP contribution is 2.17. The van der Waals surface area contributed by atoms with E-state index in [-0.39, 0.29) is 57.0 Å². The number of hydrogen-bond donors (Lipinski definition) is 11. The second kappa shape index (κ2) is 88.3. The van der Waals surface area contributed by atoms with Crippen LogP contribution in [0.3, 0.4) is 0 Å². The van der Waals surface area contributed by atoms with Crippen molar-refractivity contribution in [2.45, 2.75) is 469 Å². The summed E-state index contributed by atoms with van der Waals surface area (Å²) in [5, 5.41) is 25.0. The number of unbranched alkanes of at least 4 members (excludes halogenated alkanes) is 49. The summed E-state index contributed by atoms with van der Waals surface area (Å²) in [6.07, 6.45) is 88.7. The normalized spacial score (nSPS) is 12.9. The van der Waals surface area contributed by atoms with Gasteiger partial charge >= 0.3 is 0 Å². The molecule has 0 radical (unpaired) electrons. The third kappa shape index (κ3) is 80.0. The first-order valence-electron chi connectivity index (χ1n) is 48.1. The van der Waals surface area contributed by atoms with Crippen molar-refractivity contribution < 1.29 is 33.6 Å². The summed E-state index contributed by atoms with van der Waals surface area (Å²) in [5.41, 5.74) is 33.0. The van der Waals surface area contributed by atoms with Gasteiger partial charge in [0.1, 0.15) is 24.2 Å². The Hall–Kier alpha value is -7.53. The highest BCUT2D eigenvalue weighted by Gasteiger charge is 2.31. The second-order valence-corrected chi connectivity index (χ2v) is 32.5. The molecule has 0 unspecified atom stereocenters. The number of carbonyl (C=O) groups is 7. The predicted octanol–water partition coefficient (Wildman–Crippen LogP) is 20.4. The van der Waals surface area contributed by atoms with E-state index in [1.807, 2.05) is 0 Å². The Kier molecular flexibility index (Phi) is 82.7. The number of hydrogen-bond acceptors (Lipinski definition) is 13. The van der Waals surface area contributed by atoms with Crippen LogP contribution in [0, 0.1) is 0 Å². The van der Waals surface area contributed by atoms with Crippen molar-refractivity contribution in [2.75, 3.05) is 6.54 Å². The first-order chi connectivity index (χ1) is 58.2. The van der Waals surface area contributed by atoms with Gasteiger partial charge in [0.2, 0.25) is 29.5 Å². The molecule has 0 saturated heterocycles. The van der Waals surface area contributed by atoms with Crippen LogP contribution in [0.5, 0.6) is 0 Å². The minimum atomic E-state index is -1.51. The zero-order chi connectivity index (χ0) is 86.9. The van der Waals surface area contributed by atoms with Crippen LogP contribution in [0.2, 0.25) is 0 Å². The molecule has 0 saturated carbocycles. The molecule has 0 heterocycles. The summed E-state index contributed by atoms with van der Waals surface area (Å²) < 4.78 is 0. The van der Waals surface area contributed by atoms with Gasteiger partial charge in [-0.05, 0) is 193 Å². The molecule has 24 heteroatoms. The first-order valence-corrected chi connectivity index (χ1v) is 48.1. The van der Waals surface area contributed by atoms with Crippen LogP contribution in [0.4, 0.5) is 0 Å². The van der Waals surface area contributed by atoms with Crippen molar-refractivity contribution in [2.24, 2.45) is 53.3 Å². The van der Waals surface area contributed by atoms with E-state index in [2.05, 4.69) is 144 Å². The van der Waals surface area contributed by atoms with Gasteiger partial charge in [0.15, 0.2) is 11.9 Å². The van der Waals surface area contributed by atoms with E-state index in [0.717, 1.165) is 173 Å². The Morgan fingerprint density at radius 1 is 0.252 bits per heavy atom. The van der Waals surface area contributed by atoms with Gasteiger partial charge in [0.05, 0.1) is 0 Å². The molecule has 0 rings (SSSR count). The Balaban J connectivity index is 6.55. The van der Waals surface area contributed by atoms with Crippen LogP contribution in [0.25, 0.3) is 0 Å². The number of hydrazone groups is 4. The summed E-state index contributed by atoms with van der Waals surface area (Å²) in [7, 11) is 0. The van der Waals surface area contributed by atoms with E-state index in [1.165, 1.54) is 161 Å². The smallest absolute Gasteiger partial charge is 0.262 e.